The number of hydrogen-bond donors (Lipinski definition) is 0. The van der Waals surface area contributed by atoms with E-state index in [9.17, 15) is 9.59 Å². The van der Waals surface area contributed by atoms with Gasteiger partial charge in [-0.05, 0) is 64.7 Å². The Kier molecular flexibility index (Phi) is 4.14. The second-order valence-electron chi connectivity index (χ2n) is 10.6. The Labute approximate surface area is 198 Å². The molecule has 0 unspecified atom stereocenters. The average Bonchev–Trinajstić information content (AvgIpc) is 3.58. The molecule has 6 rings (SSSR count). The van der Waals surface area contributed by atoms with Crippen LogP contribution >= 0.6 is 0 Å². The van der Waals surface area contributed by atoms with Crippen molar-refractivity contribution in [2.24, 2.45) is 0 Å². The molecule has 0 spiro atoms. The zero-order valence-corrected chi connectivity index (χ0v) is 20.1. The van der Waals surface area contributed by atoms with Gasteiger partial charge in [-0.2, -0.15) is 0 Å². The maximum Gasteiger partial charge on any atom is 0.242 e. The molecule has 3 aliphatic rings. The molecule has 1 aromatic carbocycles. The normalized spacial score (nSPS) is 20.0. The van der Waals surface area contributed by atoms with Crippen molar-refractivity contribution in [1.29, 1.82) is 0 Å². The maximum absolute atomic E-state index is 13.7. The zero-order valence-electron chi connectivity index (χ0n) is 20.1. The molecule has 2 aromatic heterocycles. The third kappa shape index (κ3) is 2.79. The Morgan fingerprint density at radius 3 is 2.15 bits per heavy atom. The fourth-order valence-corrected chi connectivity index (χ4v) is 5.16. The lowest BCUT2D eigenvalue weighted by molar-refractivity contribution is -0.122. The molecule has 1 fully saturated rings. The SMILES string of the molecule is Cc1ncc(-c2ccc3c(c2)N(c2cc4c(cn2)C(C)(C)C(=O)N4C2CC2)C(=O)C3(C)C)cn1. The van der Waals surface area contributed by atoms with Crippen LogP contribution in [0.25, 0.3) is 11.1 Å². The van der Waals surface area contributed by atoms with Crippen molar-refractivity contribution in [1.82, 2.24) is 15.0 Å². The summed E-state index contributed by atoms with van der Waals surface area (Å²) in [6.07, 6.45) is 7.40. The molecule has 3 aromatic rings. The fraction of sp³-hybridized carbons (Fsp3) is 0.370. The van der Waals surface area contributed by atoms with Gasteiger partial charge in [-0.25, -0.2) is 15.0 Å². The van der Waals surface area contributed by atoms with E-state index in [4.69, 9.17) is 4.98 Å². The van der Waals surface area contributed by atoms with Gasteiger partial charge in [-0.1, -0.05) is 12.1 Å². The Hall–Kier alpha value is -3.61. The number of fused-ring (bicyclic) bond motifs is 2. The lowest BCUT2D eigenvalue weighted by Crippen LogP contribution is -2.37. The summed E-state index contributed by atoms with van der Waals surface area (Å²) in [5.41, 5.74) is 4.08. The molecule has 0 N–H and O–H groups in total. The van der Waals surface area contributed by atoms with Crippen LogP contribution < -0.4 is 9.80 Å². The number of rotatable bonds is 3. The molecule has 34 heavy (non-hydrogen) atoms. The van der Waals surface area contributed by atoms with Gasteiger partial charge in [0.15, 0.2) is 0 Å². The number of aromatic nitrogens is 3. The molecule has 0 atom stereocenters. The van der Waals surface area contributed by atoms with Crippen LogP contribution in [0, 0.1) is 6.92 Å². The molecule has 7 heteroatoms. The first-order valence-corrected chi connectivity index (χ1v) is 11.7. The van der Waals surface area contributed by atoms with Crippen LogP contribution in [0.1, 0.15) is 57.5 Å². The van der Waals surface area contributed by atoms with E-state index in [1.807, 2.05) is 63.8 Å². The molecule has 1 saturated carbocycles. The molecule has 0 saturated heterocycles. The highest BCUT2D eigenvalue weighted by Crippen LogP contribution is 2.50. The highest BCUT2D eigenvalue weighted by Gasteiger charge is 2.50. The number of nitrogens with zero attached hydrogens (tertiary/aromatic N) is 5. The van der Waals surface area contributed by atoms with E-state index in [1.165, 1.54) is 0 Å². The highest BCUT2D eigenvalue weighted by atomic mass is 16.2. The molecule has 0 radical (unpaired) electrons. The van der Waals surface area contributed by atoms with Gasteiger partial charge in [0.2, 0.25) is 11.8 Å². The third-order valence-electron chi connectivity index (χ3n) is 7.46. The van der Waals surface area contributed by atoms with Crippen molar-refractivity contribution in [2.45, 2.75) is 64.3 Å². The van der Waals surface area contributed by atoms with E-state index in [0.29, 0.717) is 11.6 Å². The molecular weight excluding hydrogens is 426 g/mol. The van der Waals surface area contributed by atoms with Crippen LogP contribution in [-0.4, -0.2) is 32.8 Å². The van der Waals surface area contributed by atoms with Gasteiger partial charge in [0.1, 0.15) is 11.6 Å². The van der Waals surface area contributed by atoms with Crippen molar-refractivity contribution >= 4 is 29.0 Å². The van der Waals surface area contributed by atoms with Gasteiger partial charge in [-0.3, -0.25) is 14.5 Å². The average molecular weight is 454 g/mol. The van der Waals surface area contributed by atoms with E-state index < -0.39 is 10.8 Å². The molecule has 2 amide bonds. The summed E-state index contributed by atoms with van der Waals surface area (Å²) < 4.78 is 0. The maximum atomic E-state index is 13.7. The minimum absolute atomic E-state index is 0.0335. The first kappa shape index (κ1) is 21.0. The molecule has 7 nitrogen and oxygen atoms in total. The van der Waals surface area contributed by atoms with E-state index in [1.54, 1.807) is 23.5 Å². The summed E-state index contributed by atoms with van der Waals surface area (Å²) in [6.45, 7) is 9.64. The summed E-state index contributed by atoms with van der Waals surface area (Å²) in [4.78, 5) is 43.8. The third-order valence-corrected chi connectivity index (χ3v) is 7.46. The molecule has 1 aliphatic carbocycles. The smallest absolute Gasteiger partial charge is 0.242 e. The summed E-state index contributed by atoms with van der Waals surface area (Å²) in [5.74, 6) is 1.33. The van der Waals surface area contributed by atoms with Gasteiger partial charge in [0.25, 0.3) is 0 Å². The topological polar surface area (TPSA) is 79.3 Å². The standard InChI is InChI=1S/C27H27N5O2/c1-15-28-12-17(13-29-15)16-6-9-19-21(10-16)32(25(34)26(19,2)3)23-11-22-20(14-30-23)27(4,5)24(33)31(22)18-7-8-18/h6,9-14,18H,7-8H2,1-5H3. The van der Waals surface area contributed by atoms with E-state index >= 15 is 0 Å². The molecule has 0 bridgehead atoms. The van der Waals surface area contributed by atoms with Crippen molar-refractivity contribution in [3.63, 3.8) is 0 Å². The Morgan fingerprint density at radius 1 is 0.794 bits per heavy atom. The lowest BCUT2D eigenvalue weighted by atomic mass is 9.85. The number of carbonyl (C=O) groups is 2. The predicted molar refractivity (Wildman–Crippen MR) is 130 cm³/mol. The van der Waals surface area contributed by atoms with Crippen LogP contribution in [0.3, 0.4) is 0 Å². The Balaban J connectivity index is 1.49. The predicted octanol–water partition coefficient (Wildman–Crippen LogP) is 4.59. The summed E-state index contributed by atoms with van der Waals surface area (Å²) in [5, 5.41) is 0. The molecule has 2 aliphatic heterocycles. The Morgan fingerprint density at radius 2 is 1.47 bits per heavy atom. The first-order chi connectivity index (χ1) is 16.1. The number of carbonyl (C=O) groups excluding carboxylic acids is 2. The van der Waals surface area contributed by atoms with E-state index in [0.717, 1.165) is 46.5 Å². The van der Waals surface area contributed by atoms with Gasteiger partial charge in [0, 0.05) is 41.8 Å². The minimum Gasteiger partial charge on any atom is -0.308 e. The van der Waals surface area contributed by atoms with E-state index in [2.05, 4.69) is 9.97 Å². The summed E-state index contributed by atoms with van der Waals surface area (Å²) in [6, 6.07) is 8.20. The molecule has 172 valence electrons. The number of aryl methyl sites for hydroxylation is 1. The first-order valence-electron chi connectivity index (χ1n) is 11.7. The zero-order chi connectivity index (χ0) is 24.0. The summed E-state index contributed by atoms with van der Waals surface area (Å²) >= 11 is 0. The van der Waals surface area contributed by atoms with Crippen LogP contribution in [0.5, 0.6) is 0 Å². The molecule has 4 heterocycles. The number of pyridine rings is 1. The number of hydrogen-bond acceptors (Lipinski definition) is 5. The second-order valence-corrected chi connectivity index (χ2v) is 10.6. The second kappa shape index (κ2) is 6.72. The summed E-state index contributed by atoms with van der Waals surface area (Å²) in [7, 11) is 0. The van der Waals surface area contributed by atoms with Gasteiger partial charge >= 0.3 is 0 Å². The quantitative estimate of drug-likeness (QED) is 0.580. The van der Waals surface area contributed by atoms with Crippen molar-refractivity contribution in [2.75, 3.05) is 9.80 Å². The minimum atomic E-state index is -0.691. The lowest BCUT2D eigenvalue weighted by Gasteiger charge is -2.22. The van der Waals surface area contributed by atoms with Crippen LogP contribution in [-0.2, 0) is 20.4 Å². The highest BCUT2D eigenvalue weighted by molar-refractivity contribution is 6.14. The fourth-order valence-electron chi connectivity index (χ4n) is 5.16. The van der Waals surface area contributed by atoms with Gasteiger partial charge < -0.3 is 4.90 Å². The van der Waals surface area contributed by atoms with Crippen molar-refractivity contribution in [3.8, 4) is 11.1 Å². The molecular formula is C27H27N5O2. The Bertz CT molecular complexity index is 1370. The van der Waals surface area contributed by atoms with Gasteiger partial charge in [0.05, 0.1) is 22.2 Å². The van der Waals surface area contributed by atoms with Crippen LogP contribution in [0.15, 0.2) is 42.9 Å². The van der Waals surface area contributed by atoms with Crippen molar-refractivity contribution in [3.05, 3.63) is 59.8 Å². The number of benzene rings is 1. The van der Waals surface area contributed by atoms with E-state index in [-0.39, 0.29) is 17.9 Å². The van der Waals surface area contributed by atoms with Gasteiger partial charge in [-0.15, -0.1) is 0 Å². The largest absolute Gasteiger partial charge is 0.308 e. The monoisotopic (exact) mass is 453 g/mol. The number of amides is 2. The van der Waals surface area contributed by atoms with Crippen LogP contribution in [0.4, 0.5) is 17.2 Å². The number of anilines is 3. The van der Waals surface area contributed by atoms with Crippen LogP contribution in [0.2, 0.25) is 0 Å². The van der Waals surface area contributed by atoms with Crippen molar-refractivity contribution < 1.29 is 9.59 Å².